The maximum atomic E-state index is 11.7. The van der Waals surface area contributed by atoms with E-state index in [0.717, 1.165) is 9.26 Å². The zero-order valence-electron chi connectivity index (χ0n) is 8.63. The second-order valence-corrected chi connectivity index (χ2v) is 5.76. The Hall–Kier alpha value is -0.100. The van der Waals surface area contributed by atoms with Gasteiger partial charge in [0.1, 0.15) is 0 Å². The van der Waals surface area contributed by atoms with Crippen LogP contribution in [0.25, 0.3) is 0 Å². The molecule has 2 nitrogen and oxygen atoms in total. The van der Waals surface area contributed by atoms with Gasteiger partial charge in [-0.25, -0.2) is 0 Å². The summed E-state index contributed by atoms with van der Waals surface area (Å²) in [6, 6.07) is 7.73. The minimum Gasteiger partial charge on any atom is -0.324 e. The van der Waals surface area contributed by atoms with Crippen molar-refractivity contribution in [2.75, 3.05) is 5.32 Å². The predicted molar refractivity (Wildman–Crippen MR) is 75.3 cm³/mol. The van der Waals surface area contributed by atoms with Crippen molar-refractivity contribution in [3.63, 3.8) is 0 Å². The lowest BCUT2D eigenvalue weighted by Gasteiger charge is -2.14. The van der Waals surface area contributed by atoms with Crippen molar-refractivity contribution in [2.45, 2.75) is 18.7 Å². The number of halogens is 2. The summed E-state index contributed by atoms with van der Waals surface area (Å²) in [4.78, 5) is 11.6. The Balaban J connectivity index is 2.71. The van der Waals surface area contributed by atoms with Gasteiger partial charge in [-0.05, 0) is 40.6 Å². The number of nitrogens with one attached hydrogen (secondary N) is 1. The number of rotatable bonds is 3. The molecular formula is C11H13BrINO. The third-order valence-electron chi connectivity index (χ3n) is 1.97. The second-order valence-electron chi connectivity index (χ2n) is 3.61. The third-order valence-corrected chi connectivity index (χ3v) is 4.38. The summed E-state index contributed by atoms with van der Waals surface area (Å²) in [5.74, 6) is 0.292. The fraction of sp³-hybridized carbons (Fsp3) is 0.364. The van der Waals surface area contributed by atoms with Gasteiger partial charge in [0.2, 0.25) is 5.91 Å². The van der Waals surface area contributed by atoms with Crippen LogP contribution in [0.3, 0.4) is 0 Å². The van der Waals surface area contributed by atoms with Crippen LogP contribution in [0, 0.1) is 9.49 Å². The molecule has 1 rings (SSSR count). The van der Waals surface area contributed by atoms with E-state index in [1.165, 1.54) is 0 Å². The summed E-state index contributed by atoms with van der Waals surface area (Å²) >= 11 is 5.58. The molecule has 1 atom stereocenters. The van der Waals surface area contributed by atoms with Crippen LogP contribution >= 0.6 is 38.5 Å². The average Bonchev–Trinajstić information content (AvgIpc) is 2.20. The Kier molecular flexibility index (Phi) is 5.05. The number of alkyl halides is 1. The first-order valence-electron chi connectivity index (χ1n) is 4.72. The minimum atomic E-state index is -0.145. The summed E-state index contributed by atoms with van der Waals surface area (Å²) in [7, 11) is 0. The number of carbonyl (C=O) groups excluding carboxylic acids is 1. The fourth-order valence-electron chi connectivity index (χ4n) is 1.07. The Morgan fingerprint density at radius 3 is 2.53 bits per heavy atom. The van der Waals surface area contributed by atoms with E-state index < -0.39 is 0 Å². The van der Waals surface area contributed by atoms with E-state index in [4.69, 9.17) is 0 Å². The highest BCUT2D eigenvalue weighted by atomic mass is 127. The molecule has 4 heteroatoms. The molecule has 0 saturated heterocycles. The fourth-order valence-corrected chi connectivity index (χ4v) is 1.70. The first-order chi connectivity index (χ1) is 7.02. The third kappa shape index (κ3) is 3.75. The number of hydrogen-bond acceptors (Lipinski definition) is 1. The molecule has 82 valence electrons. The standard InChI is InChI=1S/C11H13BrINO/c1-7(2)10(12)11(15)14-9-6-4-3-5-8(9)13/h3-7,10H,1-2H3,(H,14,15). The SMILES string of the molecule is CC(C)C(Br)C(=O)Nc1ccccc1I. The molecule has 1 aromatic carbocycles. The number of hydrogen-bond donors (Lipinski definition) is 1. The Bertz CT molecular complexity index is 354. The molecule has 0 bridgehead atoms. The van der Waals surface area contributed by atoms with Crippen molar-refractivity contribution in [2.24, 2.45) is 5.92 Å². The lowest BCUT2D eigenvalue weighted by molar-refractivity contribution is -0.116. The van der Waals surface area contributed by atoms with Crippen LogP contribution in [-0.4, -0.2) is 10.7 Å². The van der Waals surface area contributed by atoms with E-state index in [9.17, 15) is 4.79 Å². The molecule has 0 saturated carbocycles. The van der Waals surface area contributed by atoms with Gasteiger partial charge in [0.05, 0.1) is 10.5 Å². The van der Waals surface area contributed by atoms with Crippen LogP contribution in [0.5, 0.6) is 0 Å². The number of amides is 1. The van der Waals surface area contributed by atoms with Crippen LogP contribution < -0.4 is 5.32 Å². The summed E-state index contributed by atoms with van der Waals surface area (Å²) in [6.07, 6.45) is 0. The molecule has 15 heavy (non-hydrogen) atoms. The molecule has 1 amide bonds. The van der Waals surface area contributed by atoms with Crippen molar-refractivity contribution >= 4 is 50.1 Å². The van der Waals surface area contributed by atoms with Crippen molar-refractivity contribution in [3.05, 3.63) is 27.8 Å². The van der Waals surface area contributed by atoms with E-state index in [2.05, 4.69) is 43.8 Å². The topological polar surface area (TPSA) is 29.1 Å². The summed E-state index contributed by atoms with van der Waals surface area (Å²) in [5, 5.41) is 2.90. The molecule has 0 fully saturated rings. The van der Waals surface area contributed by atoms with Gasteiger partial charge in [0.15, 0.2) is 0 Å². The van der Waals surface area contributed by atoms with E-state index in [0.29, 0.717) is 0 Å². The number of carbonyl (C=O) groups is 1. The molecule has 0 radical (unpaired) electrons. The highest BCUT2D eigenvalue weighted by molar-refractivity contribution is 14.1. The van der Waals surface area contributed by atoms with Crippen molar-refractivity contribution in [3.8, 4) is 0 Å². The Morgan fingerprint density at radius 2 is 2.00 bits per heavy atom. The second kappa shape index (κ2) is 5.84. The highest BCUT2D eigenvalue weighted by Crippen LogP contribution is 2.19. The lowest BCUT2D eigenvalue weighted by atomic mass is 10.1. The first-order valence-corrected chi connectivity index (χ1v) is 6.71. The molecule has 0 aromatic heterocycles. The molecule has 1 N–H and O–H groups in total. The maximum Gasteiger partial charge on any atom is 0.238 e. The van der Waals surface area contributed by atoms with E-state index in [1.807, 2.05) is 38.1 Å². The molecule has 1 unspecified atom stereocenters. The van der Waals surface area contributed by atoms with Gasteiger partial charge < -0.3 is 5.32 Å². The van der Waals surface area contributed by atoms with Gasteiger partial charge in [-0.2, -0.15) is 0 Å². The maximum absolute atomic E-state index is 11.7. The zero-order valence-corrected chi connectivity index (χ0v) is 12.4. The van der Waals surface area contributed by atoms with Gasteiger partial charge in [0, 0.05) is 3.57 Å². The van der Waals surface area contributed by atoms with Gasteiger partial charge >= 0.3 is 0 Å². The smallest absolute Gasteiger partial charge is 0.238 e. The van der Waals surface area contributed by atoms with Crippen LogP contribution in [0.1, 0.15) is 13.8 Å². The molecule has 0 aliphatic carbocycles. The first kappa shape index (κ1) is 13.0. The van der Waals surface area contributed by atoms with Crippen LogP contribution in [0.4, 0.5) is 5.69 Å². The molecular weight excluding hydrogens is 369 g/mol. The molecule has 0 aliphatic heterocycles. The predicted octanol–water partition coefficient (Wildman–Crippen LogP) is 3.65. The monoisotopic (exact) mass is 381 g/mol. The molecule has 0 spiro atoms. The van der Waals surface area contributed by atoms with Crippen molar-refractivity contribution in [1.82, 2.24) is 0 Å². The summed E-state index contributed by atoms with van der Waals surface area (Å²) in [5.41, 5.74) is 0.869. The average molecular weight is 382 g/mol. The highest BCUT2D eigenvalue weighted by Gasteiger charge is 2.18. The Labute approximate surface area is 112 Å². The quantitative estimate of drug-likeness (QED) is 0.628. The van der Waals surface area contributed by atoms with E-state index >= 15 is 0 Å². The van der Waals surface area contributed by atoms with Gasteiger partial charge in [-0.1, -0.05) is 41.9 Å². The van der Waals surface area contributed by atoms with E-state index in [1.54, 1.807) is 0 Å². The summed E-state index contributed by atoms with van der Waals surface area (Å²) in [6.45, 7) is 4.02. The normalized spacial score (nSPS) is 12.6. The van der Waals surface area contributed by atoms with Crippen LogP contribution in [-0.2, 0) is 4.79 Å². The van der Waals surface area contributed by atoms with Gasteiger partial charge in [-0.3, -0.25) is 4.79 Å². The number of para-hydroxylation sites is 1. The lowest BCUT2D eigenvalue weighted by Crippen LogP contribution is -2.27. The van der Waals surface area contributed by atoms with Crippen molar-refractivity contribution < 1.29 is 4.79 Å². The number of benzene rings is 1. The molecule has 0 aliphatic rings. The molecule has 0 heterocycles. The van der Waals surface area contributed by atoms with Crippen LogP contribution in [0.2, 0.25) is 0 Å². The number of anilines is 1. The van der Waals surface area contributed by atoms with Gasteiger partial charge in [-0.15, -0.1) is 0 Å². The Morgan fingerprint density at radius 1 is 1.40 bits per heavy atom. The van der Waals surface area contributed by atoms with Crippen molar-refractivity contribution in [1.29, 1.82) is 0 Å². The van der Waals surface area contributed by atoms with Crippen LogP contribution in [0.15, 0.2) is 24.3 Å². The minimum absolute atomic E-state index is 0.00844. The van der Waals surface area contributed by atoms with Gasteiger partial charge in [0.25, 0.3) is 0 Å². The summed E-state index contributed by atoms with van der Waals surface area (Å²) < 4.78 is 1.05. The molecule has 1 aromatic rings. The largest absolute Gasteiger partial charge is 0.324 e. The zero-order chi connectivity index (χ0) is 11.4. The van der Waals surface area contributed by atoms with E-state index in [-0.39, 0.29) is 16.7 Å².